The van der Waals surface area contributed by atoms with Crippen molar-refractivity contribution in [1.29, 1.82) is 0 Å². The van der Waals surface area contributed by atoms with Gasteiger partial charge in [0.05, 0.1) is 13.3 Å². The molecule has 0 saturated carbocycles. The molecule has 0 spiro atoms. The minimum atomic E-state index is 0.378. The van der Waals surface area contributed by atoms with Crippen molar-refractivity contribution >= 4 is 7.69 Å². The van der Waals surface area contributed by atoms with Gasteiger partial charge in [0.15, 0.2) is 0 Å². The average molecular weight is 245 g/mol. The van der Waals surface area contributed by atoms with Crippen LogP contribution in [-0.2, 0) is 6.54 Å². The van der Waals surface area contributed by atoms with Crippen LogP contribution in [0.1, 0.15) is 11.4 Å². The van der Waals surface area contributed by atoms with E-state index in [1.54, 1.807) is 13.3 Å². The fourth-order valence-corrected chi connectivity index (χ4v) is 1.68. The van der Waals surface area contributed by atoms with Gasteiger partial charge >= 0.3 is 7.69 Å². The lowest BCUT2D eigenvalue weighted by atomic mass is 10.2. The van der Waals surface area contributed by atoms with E-state index in [1.807, 2.05) is 35.8 Å². The summed E-state index contributed by atoms with van der Waals surface area (Å²) < 4.78 is 11.9. The van der Waals surface area contributed by atoms with Gasteiger partial charge in [0.1, 0.15) is 11.6 Å². The fourth-order valence-electron chi connectivity index (χ4n) is 1.68. The molecular weight excluding hydrogens is 231 g/mol. The molecule has 5 nitrogen and oxygen atoms in total. The second-order valence-electron chi connectivity index (χ2n) is 3.83. The molecule has 0 aliphatic rings. The summed E-state index contributed by atoms with van der Waals surface area (Å²) in [5, 5.41) is 8.56. The van der Waals surface area contributed by atoms with Gasteiger partial charge in [-0.25, -0.2) is 4.98 Å². The molecule has 0 saturated heterocycles. The second kappa shape index (κ2) is 5.60. The molecule has 1 radical (unpaired) electrons. The van der Waals surface area contributed by atoms with Crippen LogP contribution in [0.2, 0.25) is 0 Å². The molecule has 0 aliphatic carbocycles. The van der Waals surface area contributed by atoms with Gasteiger partial charge in [0.25, 0.3) is 0 Å². The van der Waals surface area contributed by atoms with Crippen LogP contribution < -0.4 is 9.39 Å². The van der Waals surface area contributed by atoms with Crippen molar-refractivity contribution in [2.45, 2.75) is 13.5 Å². The number of aromatic nitrogens is 2. The molecule has 1 N–H and O–H groups in total. The predicted octanol–water partition coefficient (Wildman–Crippen LogP) is 1.15. The van der Waals surface area contributed by atoms with E-state index in [4.69, 9.17) is 14.4 Å². The van der Waals surface area contributed by atoms with Gasteiger partial charge in [-0.1, -0.05) is 12.1 Å². The minimum absolute atomic E-state index is 0.378. The van der Waals surface area contributed by atoms with Gasteiger partial charge in [-0.2, -0.15) is 0 Å². The van der Waals surface area contributed by atoms with Crippen molar-refractivity contribution in [2.24, 2.45) is 0 Å². The first-order chi connectivity index (χ1) is 8.72. The van der Waals surface area contributed by atoms with Crippen molar-refractivity contribution in [3.8, 4) is 11.6 Å². The molecule has 0 bridgehead atoms. The highest BCUT2D eigenvalue weighted by Crippen LogP contribution is 2.15. The Bertz CT molecular complexity index is 511. The highest BCUT2D eigenvalue weighted by molar-refractivity contribution is 6.17. The van der Waals surface area contributed by atoms with E-state index in [1.165, 1.54) is 0 Å². The highest BCUT2D eigenvalue weighted by atomic mass is 16.5. The lowest BCUT2D eigenvalue weighted by Crippen LogP contribution is -2.01. The van der Waals surface area contributed by atoms with Crippen LogP contribution in [0.3, 0.4) is 0 Å². The maximum absolute atomic E-state index is 8.56. The maximum Gasteiger partial charge on any atom is 0.570 e. The third-order valence-corrected chi connectivity index (χ3v) is 2.64. The summed E-state index contributed by atoms with van der Waals surface area (Å²) >= 11 is 0. The first kappa shape index (κ1) is 12.5. The Morgan fingerprint density at radius 3 is 2.67 bits per heavy atom. The summed E-state index contributed by atoms with van der Waals surface area (Å²) in [5.41, 5.74) is 1.14. The summed E-state index contributed by atoms with van der Waals surface area (Å²) in [4.78, 5) is 4.16. The maximum atomic E-state index is 8.56. The van der Waals surface area contributed by atoms with Crippen LogP contribution in [0, 0.1) is 6.92 Å². The van der Waals surface area contributed by atoms with Gasteiger partial charge in [-0.15, -0.1) is 0 Å². The molecule has 1 aromatic carbocycles. The molecule has 0 fully saturated rings. The van der Waals surface area contributed by atoms with Gasteiger partial charge in [-0.3, -0.25) is 0 Å². The molecule has 93 valence electrons. The largest absolute Gasteiger partial charge is 0.570 e. The van der Waals surface area contributed by atoms with Crippen LogP contribution in [0.15, 0.2) is 30.5 Å². The van der Waals surface area contributed by atoms with Crippen LogP contribution in [0.4, 0.5) is 0 Å². The van der Waals surface area contributed by atoms with Crippen molar-refractivity contribution in [1.82, 2.24) is 9.55 Å². The predicted molar refractivity (Wildman–Crippen MR) is 67.7 cm³/mol. The van der Waals surface area contributed by atoms with Crippen molar-refractivity contribution in [2.75, 3.05) is 7.11 Å². The lowest BCUT2D eigenvalue weighted by Gasteiger charge is -2.05. The third-order valence-electron chi connectivity index (χ3n) is 2.64. The Kier molecular flexibility index (Phi) is 3.89. The molecule has 2 rings (SSSR count). The summed E-state index contributed by atoms with van der Waals surface area (Å²) in [6.07, 6.45) is 1.74. The SMILES string of the molecule is COc1ccc(Cn2cc(O[B]O)nc2C)cc1. The zero-order valence-corrected chi connectivity index (χ0v) is 10.3. The minimum Gasteiger partial charge on any atom is -0.522 e. The third kappa shape index (κ3) is 2.84. The zero-order valence-electron chi connectivity index (χ0n) is 10.3. The number of methoxy groups -OCH3 is 1. The number of hydrogen-bond acceptors (Lipinski definition) is 4. The molecule has 0 aliphatic heterocycles. The number of ether oxygens (including phenoxy) is 1. The topological polar surface area (TPSA) is 56.5 Å². The van der Waals surface area contributed by atoms with Crippen LogP contribution in [0.5, 0.6) is 11.6 Å². The fraction of sp³-hybridized carbons (Fsp3) is 0.250. The Morgan fingerprint density at radius 2 is 2.06 bits per heavy atom. The summed E-state index contributed by atoms with van der Waals surface area (Å²) in [6.45, 7) is 2.57. The summed E-state index contributed by atoms with van der Waals surface area (Å²) in [6, 6.07) is 7.83. The van der Waals surface area contributed by atoms with Crippen LogP contribution in [-0.4, -0.2) is 29.4 Å². The molecule has 0 atom stereocenters. The van der Waals surface area contributed by atoms with E-state index >= 15 is 0 Å². The molecule has 6 heteroatoms. The van der Waals surface area contributed by atoms with E-state index in [2.05, 4.69) is 4.98 Å². The van der Waals surface area contributed by atoms with Crippen LogP contribution in [0.25, 0.3) is 0 Å². The Hall–Kier alpha value is -1.95. The average Bonchev–Trinajstić information content (AvgIpc) is 2.71. The molecule has 0 unspecified atom stereocenters. The first-order valence-electron chi connectivity index (χ1n) is 5.52. The molecule has 0 amide bonds. The highest BCUT2D eigenvalue weighted by Gasteiger charge is 2.06. The number of nitrogens with zero attached hydrogens (tertiary/aromatic N) is 2. The van der Waals surface area contributed by atoms with E-state index in [9.17, 15) is 0 Å². The normalized spacial score (nSPS) is 10.2. The molecule has 18 heavy (non-hydrogen) atoms. The van der Waals surface area contributed by atoms with E-state index in [0.29, 0.717) is 20.1 Å². The molecule has 2 aromatic rings. The van der Waals surface area contributed by atoms with E-state index < -0.39 is 0 Å². The van der Waals surface area contributed by atoms with Crippen molar-refractivity contribution in [3.63, 3.8) is 0 Å². The number of rotatable bonds is 5. The first-order valence-corrected chi connectivity index (χ1v) is 5.52. The number of imidazole rings is 1. The van der Waals surface area contributed by atoms with Crippen LogP contribution >= 0.6 is 0 Å². The number of benzene rings is 1. The second-order valence-corrected chi connectivity index (χ2v) is 3.83. The van der Waals surface area contributed by atoms with Gasteiger partial charge in [0, 0.05) is 6.54 Å². The monoisotopic (exact) mass is 245 g/mol. The van der Waals surface area contributed by atoms with Gasteiger partial charge < -0.3 is 19.0 Å². The lowest BCUT2D eigenvalue weighted by molar-refractivity contribution is 0.414. The zero-order chi connectivity index (χ0) is 13.0. The molecule has 1 aromatic heterocycles. The van der Waals surface area contributed by atoms with Crippen molar-refractivity contribution in [3.05, 3.63) is 41.9 Å². The summed E-state index contributed by atoms with van der Waals surface area (Å²) in [5.74, 6) is 2.03. The smallest absolute Gasteiger partial charge is 0.522 e. The van der Waals surface area contributed by atoms with Crippen molar-refractivity contribution < 1.29 is 14.4 Å². The Balaban J connectivity index is 2.12. The van der Waals surface area contributed by atoms with Gasteiger partial charge in [-0.05, 0) is 24.6 Å². The molecular formula is C12H14BN2O3. The van der Waals surface area contributed by atoms with E-state index in [-0.39, 0.29) is 0 Å². The standard InChI is InChI=1S/C12H14BN2O3/c1-9-14-12(18-13-16)8-15(9)7-10-3-5-11(17-2)6-4-10/h3-6,8,16H,7H2,1-2H3. The number of aryl methyl sites for hydroxylation is 1. The number of hydrogen-bond donors (Lipinski definition) is 1. The quantitative estimate of drug-likeness (QED) is 0.803. The Morgan fingerprint density at radius 1 is 1.33 bits per heavy atom. The molecule has 1 heterocycles. The van der Waals surface area contributed by atoms with E-state index in [0.717, 1.165) is 17.1 Å². The summed E-state index contributed by atoms with van der Waals surface area (Å²) in [7, 11) is 2.27. The Labute approximate surface area is 106 Å². The van der Waals surface area contributed by atoms with Gasteiger partial charge in [0.2, 0.25) is 5.88 Å².